The minimum atomic E-state index is -0.989. The lowest BCUT2D eigenvalue weighted by Gasteiger charge is -2.15. The summed E-state index contributed by atoms with van der Waals surface area (Å²) in [4.78, 5) is 25.3. The van der Waals surface area contributed by atoms with Crippen LogP contribution >= 0.6 is 0 Å². The zero-order valence-electron chi connectivity index (χ0n) is 18.4. The molecule has 0 aliphatic carbocycles. The molecule has 1 N–H and O–H groups in total. The Morgan fingerprint density at radius 2 is 1.74 bits per heavy atom. The summed E-state index contributed by atoms with van der Waals surface area (Å²) in [6, 6.07) is 15.2. The van der Waals surface area contributed by atoms with E-state index < -0.39 is 18.0 Å². The smallest absolute Gasteiger partial charge is 0.342 e. The maximum Gasteiger partial charge on any atom is 0.342 e. The first-order chi connectivity index (χ1) is 14.8. The lowest BCUT2D eigenvalue weighted by Crippen LogP contribution is -2.30. The molecule has 2 aromatic carbocycles. The molecule has 0 aliphatic rings. The van der Waals surface area contributed by atoms with Crippen LogP contribution in [0.25, 0.3) is 0 Å². The normalized spacial score (nSPS) is 11.6. The van der Waals surface area contributed by atoms with Gasteiger partial charge in [-0.2, -0.15) is 5.10 Å². The Morgan fingerprint density at radius 3 is 2.42 bits per heavy atom. The molecule has 0 saturated heterocycles. The van der Waals surface area contributed by atoms with Gasteiger partial charge in [0.2, 0.25) is 0 Å². The van der Waals surface area contributed by atoms with Gasteiger partial charge in [-0.25, -0.2) is 4.79 Å². The molecule has 1 heterocycles. The van der Waals surface area contributed by atoms with Gasteiger partial charge in [0, 0.05) is 0 Å². The molecule has 3 aromatic rings. The molecular formula is C24H27N3O4. The van der Waals surface area contributed by atoms with E-state index in [1.165, 1.54) is 19.6 Å². The number of carbonyl (C=O) groups excluding carboxylic acids is 2. The third-order valence-corrected chi connectivity index (χ3v) is 5.06. The average molecular weight is 421 g/mol. The van der Waals surface area contributed by atoms with Gasteiger partial charge < -0.3 is 14.8 Å². The Morgan fingerprint density at radius 1 is 1.06 bits per heavy atom. The predicted molar refractivity (Wildman–Crippen MR) is 118 cm³/mol. The summed E-state index contributed by atoms with van der Waals surface area (Å²) in [6.07, 6.45) is -0.989. The molecule has 31 heavy (non-hydrogen) atoms. The number of ether oxygens (including phenoxy) is 2. The fourth-order valence-electron chi connectivity index (χ4n) is 3.27. The fourth-order valence-corrected chi connectivity index (χ4v) is 3.27. The SMILES string of the molecule is COc1ccccc1NC(=O)[C@H](C)OC(=O)c1c(C)nn(Cc2ccc(C)cc2)c1C. The summed E-state index contributed by atoms with van der Waals surface area (Å²) in [5.41, 5.74) is 4.41. The summed E-state index contributed by atoms with van der Waals surface area (Å²) in [5, 5.41) is 7.22. The van der Waals surface area contributed by atoms with Crippen molar-refractivity contribution in [2.24, 2.45) is 0 Å². The van der Waals surface area contributed by atoms with Crippen LogP contribution in [0.2, 0.25) is 0 Å². The van der Waals surface area contributed by atoms with Crippen LogP contribution in [0.1, 0.15) is 39.8 Å². The highest BCUT2D eigenvalue weighted by Gasteiger charge is 2.25. The number of anilines is 1. The Balaban J connectivity index is 1.70. The van der Waals surface area contributed by atoms with Crippen LogP contribution in [0.3, 0.4) is 0 Å². The van der Waals surface area contributed by atoms with E-state index in [4.69, 9.17) is 9.47 Å². The fraction of sp³-hybridized carbons (Fsp3) is 0.292. The molecule has 0 radical (unpaired) electrons. The standard InChI is InChI=1S/C24H27N3O4/c1-15-10-12-19(13-11-15)14-27-17(3)22(16(2)26-27)24(29)31-18(4)23(28)25-20-8-6-7-9-21(20)30-5/h6-13,18H,14H2,1-5H3,(H,25,28)/t18-/m0/s1. The molecule has 1 amide bonds. The molecule has 7 heteroatoms. The molecule has 0 aliphatic heterocycles. The van der Waals surface area contributed by atoms with Crippen LogP contribution in [0.5, 0.6) is 5.75 Å². The van der Waals surface area contributed by atoms with E-state index in [0.29, 0.717) is 34.9 Å². The van der Waals surface area contributed by atoms with Crippen LogP contribution in [0.4, 0.5) is 5.69 Å². The van der Waals surface area contributed by atoms with Crippen LogP contribution in [0, 0.1) is 20.8 Å². The number of nitrogens with one attached hydrogen (secondary N) is 1. The van der Waals surface area contributed by atoms with Crippen molar-refractivity contribution in [3.05, 3.63) is 76.6 Å². The second-order valence-electron chi connectivity index (χ2n) is 7.43. The Bertz CT molecular complexity index is 1090. The number of aryl methyl sites for hydroxylation is 2. The number of hydrogen-bond acceptors (Lipinski definition) is 5. The monoisotopic (exact) mass is 421 g/mol. The number of rotatable bonds is 7. The highest BCUT2D eigenvalue weighted by atomic mass is 16.5. The van der Waals surface area contributed by atoms with Crippen molar-refractivity contribution < 1.29 is 19.1 Å². The second kappa shape index (κ2) is 9.47. The number of para-hydroxylation sites is 2. The number of carbonyl (C=O) groups is 2. The third kappa shape index (κ3) is 5.12. The zero-order valence-corrected chi connectivity index (χ0v) is 18.4. The number of nitrogens with zero attached hydrogens (tertiary/aromatic N) is 2. The van der Waals surface area contributed by atoms with Gasteiger partial charge in [0.25, 0.3) is 5.91 Å². The quantitative estimate of drug-likeness (QED) is 0.582. The van der Waals surface area contributed by atoms with E-state index >= 15 is 0 Å². The molecular weight excluding hydrogens is 394 g/mol. The number of hydrogen-bond donors (Lipinski definition) is 1. The van der Waals surface area contributed by atoms with Crippen LogP contribution in [0.15, 0.2) is 48.5 Å². The Labute approximate surface area is 182 Å². The average Bonchev–Trinajstić information content (AvgIpc) is 3.02. The van der Waals surface area contributed by atoms with E-state index in [0.717, 1.165) is 5.56 Å². The lowest BCUT2D eigenvalue weighted by molar-refractivity contribution is -0.123. The van der Waals surface area contributed by atoms with Crippen molar-refractivity contribution in [1.82, 2.24) is 9.78 Å². The lowest BCUT2D eigenvalue weighted by atomic mass is 10.1. The largest absolute Gasteiger partial charge is 0.495 e. The molecule has 0 bridgehead atoms. The topological polar surface area (TPSA) is 82.4 Å². The van der Waals surface area contributed by atoms with Gasteiger partial charge in [-0.15, -0.1) is 0 Å². The molecule has 3 rings (SSSR count). The van der Waals surface area contributed by atoms with Gasteiger partial charge >= 0.3 is 5.97 Å². The summed E-state index contributed by atoms with van der Waals surface area (Å²) in [5.74, 6) is -0.494. The van der Waals surface area contributed by atoms with Gasteiger partial charge in [-0.3, -0.25) is 9.48 Å². The van der Waals surface area contributed by atoms with Crippen molar-refractivity contribution in [3.63, 3.8) is 0 Å². The number of benzene rings is 2. The molecule has 0 spiro atoms. The first-order valence-corrected chi connectivity index (χ1v) is 10.0. The third-order valence-electron chi connectivity index (χ3n) is 5.06. The van der Waals surface area contributed by atoms with Gasteiger partial charge in [-0.05, 0) is 45.4 Å². The highest BCUT2D eigenvalue weighted by molar-refractivity contribution is 5.98. The minimum absolute atomic E-state index is 0.379. The predicted octanol–water partition coefficient (Wildman–Crippen LogP) is 4.05. The maximum absolute atomic E-state index is 12.8. The van der Waals surface area contributed by atoms with Crippen LogP contribution in [-0.2, 0) is 16.1 Å². The molecule has 1 atom stereocenters. The van der Waals surface area contributed by atoms with Gasteiger partial charge in [-0.1, -0.05) is 42.0 Å². The summed E-state index contributed by atoms with van der Waals surface area (Å²) in [6.45, 7) is 7.69. The molecule has 7 nitrogen and oxygen atoms in total. The first kappa shape index (κ1) is 22.1. The summed E-state index contributed by atoms with van der Waals surface area (Å²) < 4.78 is 12.4. The Kier molecular flexibility index (Phi) is 6.74. The molecule has 0 unspecified atom stereocenters. The molecule has 1 aromatic heterocycles. The van der Waals surface area contributed by atoms with E-state index in [-0.39, 0.29) is 0 Å². The van der Waals surface area contributed by atoms with E-state index in [1.54, 1.807) is 35.9 Å². The van der Waals surface area contributed by atoms with Crippen molar-refractivity contribution in [3.8, 4) is 5.75 Å². The van der Waals surface area contributed by atoms with E-state index in [2.05, 4.69) is 10.4 Å². The zero-order chi connectivity index (χ0) is 22.5. The van der Waals surface area contributed by atoms with Gasteiger partial charge in [0.05, 0.1) is 30.7 Å². The van der Waals surface area contributed by atoms with Crippen molar-refractivity contribution >= 4 is 17.6 Å². The number of amides is 1. The highest BCUT2D eigenvalue weighted by Crippen LogP contribution is 2.23. The van der Waals surface area contributed by atoms with Crippen molar-refractivity contribution in [1.29, 1.82) is 0 Å². The first-order valence-electron chi connectivity index (χ1n) is 10.0. The van der Waals surface area contributed by atoms with Gasteiger partial charge in [0.15, 0.2) is 6.10 Å². The summed E-state index contributed by atoms with van der Waals surface area (Å²) in [7, 11) is 1.52. The van der Waals surface area contributed by atoms with E-state index in [9.17, 15) is 9.59 Å². The van der Waals surface area contributed by atoms with Gasteiger partial charge in [0.1, 0.15) is 11.3 Å². The van der Waals surface area contributed by atoms with Crippen LogP contribution in [-0.4, -0.2) is 34.9 Å². The number of esters is 1. The molecule has 0 saturated carbocycles. The summed E-state index contributed by atoms with van der Waals surface area (Å²) >= 11 is 0. The maximum atomic E-state index is 12.8. The Hall–Kier alpha value is -3.61. The van der Waals surface area contributed by atoms with Crippen molar-refractivity contribution in [2.75, 3.05) is 12.4 Å². The molecule has 162 valence electrons. The van der Waals surface area contributed by atoms with Crippen LogP contribution < -0.4 is 10.1 Å². The van der Waals surface area contributed by atoms with Crippen molar-refractivity contribution in [2.45, 2.75) is 40.3 Å². The van der Waals surface area contributed by atoms with E-state index in [1.807, 2.05) is 38.1 Å². The minimum Gasteiger partial charge on any atom is -0.495 e. The number of aromatic nitrogens is 2. The number of methoxy groups -OCH3 is 1. The second-order valence-corrected chi connectivity index (χ2v) is 7.43. The molecule has 0 fully saturated rings.